The van der Waals surface area contributed by atoms with Crippen LogP contribution in [0.4, 0.5) is 0 Å². The molecule has 3 rings (SSSR count). The van der Waals surface area contributed by atoms with Crippen molar-refractivity contribution in [2.24, 2.45) is 0 Å². The predicted octanol–water partition coefficient (Wildman–Crippen LogP) is 3.05. The Morgan fingerprint density at radius 2 is 2.06 bits per heavy atom. The Labute approximate surface area is 101 Å². The second kappa shape index (κ2) is 4.03. The standard InChI is InChI=1S/C11H6ClN3O2/c12-8-4-2-1-3-7(8)10-14-11(17-15-10)9-5-13-6-16-9/h1-6H. The lowest BCUT2D eigenvalue weighted by Crippen LogP contribution is -1.81. The number of rotatable bonds is 2. The van der Waals surface area contributed by atoms with Crippen LogP contribution in [0.3, 0.4) is 0 Å². The molecule has 0 atom stereocenters. The monoisotopic (exact) mass is 247 g/mol. The van der Waals surface area contributed by atoms with E-state index in [0.717, 1.165) is 0 Å². The molecule has 5 nitrogen and oxygen atoms in total. The number of hydrogen-bond acceptors (Lipinski definition) is 5. The average molecular weight is 248 g/mol. The molecule has 6 heteroatoms. The van der Waals surface area contributed by atoms with Gasteiger partial charge in [0.2, 0.25) is 11.6 Å². The van der Waals surface area contributed by atoms with Gasteiger partial charge in [-0.25, -0.2) is 4.98 Å². The lowest BCUT2D eigenvalue weighted by atomic mass is 10.2. The predicted molar refractivity (Wildman–Crippen MR) is 60.2 cm³/mol. The number of benzene rings is 1. The van der Waals surface area contributed by atoms with E-state index in [4.69, 9.17) is 20.5 Å². The third-order valence-electron chi connectivity index (χ3n) is 2.18. The Bertz CT molecular complexity index is 634. The fourth-order valence-electron chi connectivity index (χ4n) is 1.40. The van der Waals surface area contributed by atoms with E-state index < -0.39 is 0 Å². The van der Waals surface area contributed by atoms with E-state index in [1.807, 2.05) is 18.2 Å². The molecule has 84 valence electrons. The van der Waals surface area contributed by atoms with E-state index in [9.17, 15) is 0 Å². The highest BCUT2D eigenvalue weighted by Crippen LogP contribution is 2.27. The lowest BCUT2D eigenvalue weighted by molar-refractivity contribution is 0.416. The summed E-state index contributed by atoms with van der Waals surface area (Å²) < 4.78 is 10.1. The van der Waals surface area contributed by atoms with Crippen LogP contribution in [0.25, 0.3) is 23.0 Å². The van der Waals surface area contributed by atoms with Crippen LogP contribution >= 0.6 is 11.6 Å². The zero-order valence-corrected chi connectivity index (χ0v) is 9.26. The second-order valence-electron chi connectivity index (χ2n) is 3.27. The third-order valence-corrected chi connectivity index (χ3v) is 2.51. The molecule has 0 saturated heterocycles. The van der Waals surface area contributed by atoms with Gasteiger partial charge in [-0.3, -0.25) is 0 Å². The first-order valence-corrected chi connectivity index (χ1v) is 5.20. The maximum absolute atomic E-state index is 6.04. The zero-order valence-electron chi connectivity index (χ0n) is 8.50. The van der Waals surface area contributed by atoms with Gasteiger partial charge < -0.3 is 8.94 Å². The van der Waals surface area contributed by atoms with Crippen molar-refractivity contribution in [3.05, 3.63) is 41.9 Å². The molecular formula is C11H6ClN3O2. The normalized spacial score (nSPS) is 10.6. The maximum Gasteiger partial charge on any atom is 0.295 e. The molecule has 0 spiro atoms. The van der Waals surface area contributed by atoms with Gasteiger partial charge in [-0.2, -0.15) is 4.98 Å². The summed E-state index contributed by atoms with van der Waals surface area (Å²) in [5.74, 6) is 1.12. The molecule has 1 aromatic carbocycles. The number of nitrogens with zero attached hydrogens (tertiary/aromatic N) is 3. The van der Waals surface area contributed by atoms with E-state index in [1.165, 1.54) is 12.6 Å². The van der Waals surface area contributed by atoms with Gasteiger partial charge >= 0.3 is 0 Å². The summed E-state index contributed by atoms with van der Waals surface area (Å²) in [5.41, 5.74) is 0.712. The van der Waals surface area contributed by atoms with Crippen molar-refractivity contribution in [3.63, 3.8) is 0 Å². The van der Waals surface area contributed by atoms with Crippen LogP contribution in [0.15, 0.2) is 45.8 Å². The maximum atomic E-state index is 6.04. The number of aromatic nitrogens is 3. The first-order chi connectivity index (χ1) is 8.34. The van der Waals surface area contributed by atoms with Gasteiger partial charge in [0, 0.05) is 5.56 Å². The summed E-state index contributed by atoms with van der Waals surface area (Å²) in [6, 6.07) is 7.27. The van der Waals surface area contributed by atoms with Gasteiger partial charge in [-0.15, -0.1) is 0 Å². The molecule has 0 aliphatic heterocycles. The summed E-state index contributed by atoms with van der Waals surface area (Å²) in [5, 5.41) is 4.41. The molecule has 0 saturated carbocycles. The highest BCUT2D eigenvalue weighted by atomic mass is 35.5. The van der Waals surface area contributed by atoms with Gasteiger partial charge in [-0.05, 0) is 12.1 Å². The Morgan fingerprint density at radius 1 is 1.18 bits per heavy atom. The van der Waals surface area contributed by atoms with Gasteiger partial charge in [0.1, 0.15) is 0 Å². The van der Waals surface area contributed by atoms with E-state index in [-0.39, 0.29) is 5.89 Å². The molecular weight excluding hydrogens is 242 g/mol. The van der Waals surface area contributed by atoms with E-state index in [2.05, 4.69) is 15.1 Å². The summed E-state index contributed by atoms with van der Waals surface area (Å²) in [6.45, 7) is 0. The minimum Gasteiger partial charge on any atom is -0.438 e. The summed E-state index contributed by atoms with van der Waals surface area (Å²) in [4.78, 5) is 7.97. The molecule has 0 aliphatic rings. The highest BCUT2D eigenvalue weighted by Gasteiger charge is 2.14. The van der Waals surface area contributed by atoms with Crippen molar-refractivity contribution in [1.29, 1.82) is 0 Å². The minimum atomic E-state index is 0.275. The lowest BCUT2D eigenvalue weighted by Gasteiger charge is -1.95. The highest BCUT2D eigenvalue weighted by molar-refractivity contribution is 6.33. The van der Waals surface area contributed by atoms with Gasteiger partial charge in [-0.1, -0.05) is 28.9 Å². The second-order valence-corrected chi connectivity index (χ2v) is 3.68. The van der Waals surface area contributed by atoms with E-state index in [1.54, 1.807) is 6.07 Å². The SMILES string of the molecule is Clc1ccccc1-c1noc(-c2cnco2)n1. The first-order valence-electron chi connectivity index (χ1n) is 4.82. The molecule has 0 aliphatic carbocycles. The minimum absolute atomic E-state index is 0.275. The summed E-state index contributed by atoms with van der Waals surface area (Å²) in [7, 11) is 0. The molecule has 0 unspecified atom stereocenters. The molecule has 3 aromatic rings. The van der Waals surface area contributed by atoms with Crippen molar-refractivity contribution in [2.45, 2.75) is 0 Å². The average Bonchev–Trinajstić information content (AvgIpc) is 3.00. The fraction of sp³-hybridized carbons (Fsp3) is 0. The topological polar surface area (TPSA) is 65.0 Å². The van der Waals surface area contributed by atoms with Crippen LogP contribution < -0.4 is 0 Å². The van der Waals surface area contributed by atoms with Crippen molar-refractivity contribution in [2.75, 3.05) is 0 Å². The van der Waals surface area contributed by atoms with Crippen molar-refractivity contribution in [3.8, 4) is 23.0 Å². The van der Waals surface area contributed by atoms with Crippen LogP contribution in [0.2, 0.25) is 5.02 Å². The van der Waals surface area contributed by atoms with E-state index >= 15 is 0 Å². The van der Waals surface area contributed by atoms with Crippen LogP contribution in [0, 0.1) is 0 Å². The largest absolute Gasteiger partial charge is 0.438 e. The van der Waals surface area contributed by atoms with Gasteiger partial charge in [0.05, 0.1) is 11.2 Å². The molecule has 0 bridgehead atoms. The van der Waals surface area contributed by atoms with Crippen LogP contribution in [0.1, 0.15) is 0 Å². The molecule has 2 aromatic heterocycles. The zero-order chi connectivity index (χ0) is 11.7. The van der Waals surface area contributed by atoms with Crippen molar-refractivity contribution < 1.29 is 8.94 Å². The Balaban J connectivity index is 2.04. The molecule has 0 fully saturated rings. The molecule has 0 radical (unpaired) electrons. The molecule has 0 N–H and O–H groups in total. The Kier molecular flexibility index (Phi) is 2.38. The van der Waals surface area contributed by atoms with E-state index in [0.29, 0.717) is 22.2 Å². The summed E-state index contributed by atoms with van der Waals surface area (Å²) in [6.07, 6.45) is 2.80. The Morgan fingerprint density at radius 3 is 2.82 bits per heavy atom. The molecule has 0 amide bonds. The number of oxazole rings is 1. The van der Waals surface area contributed by atoms with Crippen LogP contribution in [-0.4, -0.2) is 15.1 Å². The van der Waals surface area contributed by atoms with Gasteiger partial charge in [0.25, 0.3) is 5.89 Å². The smallest absolute Gasteiger partial charge is 0.295 e. The van der Waals surface area contributed by atoms with Gasteiger partial charge in [0.15, 0.2) is 6.39 Å². The van der Waals surface area contributed by atoms with Crippen molar-refractivity contribution in [1.82, 2.24) is 15.1 Å². The Hall–Kier alpha value is -2.14. The summed E-state index contributed by atoms with van der Waals surface area (Å²) >= 11 is 6.04. The first kappa shape index (κ1) is 10.0. The van der Waals surface area contributed by atoms with Crippen LogP contribution in [0.5, 0.6) is 0 Å². The third kappa shape index (κ3) is 1.81. The fourth-order valence-corrected chi connectivity index (χ4v) is 1.62. The quantitative estimate of drug-likeness (QED) is 0.696. The van der Waals surface area contributed by atoms with Crippen molar-refractivity contribution >= 4 is 11.6 Å². The van der Waals surface area contributed by atoms with Crippen LogP contribution in [-0.2, 0) is 0 Å². The number of halogens is 1. The number of hydrogen-bond donors (Lipinski definition) is 0. The molecule has 2 heterocycles. The molecule has 17 heavy (non-hydrogen) atoms.